The van der Waals surface area contributed by atoms with Crippen LogP contribution in [0.1, 0.15) is 32.8 Å². The van der Waals surface area contributed by atoms with E-state index in [-0.39, 0.29) is 18.7 Å². The van der Waals surface area contributed by atoms with E-state index in [2.05, 4.69) is 10.6 Å². The highest BCUT2D eigenvalue weighted by atomic mass is 16.6. The molecular formula is C18H24N2O4. The fourth-order valence-electron chi connectivity index (χ4n) is 2.29. The van der Waals surface area contributed by atoms with E-state index in [0.29, 0.717) is 6.42 Å². The molecule has 0 spiro atoms. The minimum absolute atomic E-state index is 0.167. The first kappa shape index (κ1) is 17.8. The molecule has 6 heteroatoms. The number of hydrogen-bond donors (Lipinski definition) is 2. The van der Waals surface area contributed by atoms with Crippen molar-refractivity contribution < 1.29 is 19.1 Å². The van der Waals surface area contributed by atoms with E-state index in [9.17, 15) is 9.59 Å². The van der Waals surface area contributed by atoms with Crippen molar-refractivity contribution in [3.63, 3.8) is 0 Å². The summed E-state index contributed by atoms with van der Waals surface area (Å²) in [7, 11) is 0. The van der Waals surface area contributed by atoms with E-state index in [1.165, 1.54) is 0 Å². The lowest BCUT2D eigenvalue weighted by atomic mass is 10.2. The Morgan fingerprint density at radius 1 is 1.04 bits per heavy atom. The summed E-state index contributed by atoms with van der Waals surface area (Å²) in [6, 6.07) is 9.14. The second-order valence-corrected chi connectivity index (χ2v) is 6.69. The van der Waals surface area contributed by atoms with Crippen molar-refractivity contribution in [2.75, 3.05) is 0 Å². The minimum atomic E-state index is -0.536. The highest BCUT2D eigenvalue weighted by molar-refractivity contribution is 5.69. The van der Waals surface area contributed by atoms with Gasteiger partial charge < -0.3 is 20.1 Å². The number of carbonyl (C=O) groups excluding carboxylic acids is 2. The van der Waals surface area contributed by atoms with Crippen LogP contribution in [0.3, 0.4) is 0 Å². The molecule has 0 radical (unpaired) electrons. The number of benzene rings is 1. The Balaban J connectivity index is 1.69. The normalized spacial score (nSPS) is 19.6. The van der Waals surface area contributed by atoms with Crippen molar-refractivity contribution in [3.05, 3.63) is 48.0 Å². The average Bonchev–Trinajstić information content (AvgIpc) is 2.91. The summed E-state index contributed by atoms with van der Waals surface area (Å²) < 4.78 is 10.4. The fourth-order valence-corrected chi connectivity index (χ4v) is 2.29. The number of amides is 2. The molecule has 0 aromatic heterocycles. The number of ether oxygens (including phenoxy) is 2. The summed E-state index contributed by atoms with van der Waals surface area (Å²) in [6.45, 7) is 5.65. The SMILES string of the molecule is CC(C)(C)OC(=O)N[C@H]1C=C[C@H](NC(=O)OCc2ccccc2)C1. The van der Waals surface area contributed by atoms with Gasteiger partial charge in [-0.3, -0.25) is 0 Å². The third kappa shape index (κ3) is 6.32. The molecule has 0 bridgehead atoms. The molecule has 0 saturated heterocycles. The number of nitrogens with one attached hydrogen (secondary N) is 2. The van der Waals surface area contributed by atoms with Gasteiger partial charge in [0.15, 0.2) is 0 Å². The van der Waals surface area contributed by atoms with Crippen LogP contribution in [0.2, 0.25) is 0 Å². The van der Waals surface area contributed by atoms with Gasteiger partial charge in [-0.2, -0.15) is 0 Å². The molecule has 130 valence electrons. The van der Waals surface area contributed by atoms with Gasteiger partial charge in [-0.1, -0.05) is 42.5 Å². The lowest BCUT2D eigenvalue weighted by Gasteiger charge is -2.21. The van der Waals surface area contributed by atoms with E-state index in [0.717, 1.165) is 5.56 Å². The van der Waals surface area contributed by atoms with Gasteiger partial charge in [0.25, 0.3) is 0 Å². The van der Waals surface area contributed by atoms with Crippen molar-refractivity contribution in [3.8, 4) is 0 Å². The second-order valence-electron chi connectivity index (χ2n) is 6.69. The zero-order valence-electron chi connectivity index (χ0n) is 14.2. The monoisotopic (exact) mass is 332 g/mol. The minimum Gasteiger partial charge on any atom is -0.445 e. The molecule has 0 aliphatic heterocycles. The number of alkyl carbamates (subject to hydrolysis) is 2. The molecule has 0 fully saturated rings. The Labute approximate surface area is 142 Å². The number of hydrogen-bond acceptors (Lipinski definition) is 4. The third-order valence-electron chi connectivity index (χ3n) is 3.30. The zero-order valence-corrected chi connectivity index (χ0v) is 14.2. The lowest BCUT2D eigenvalue weighted by molar-refractivity contribution is 0.0513. The molecule has 0 saturated carbocycles. The Bertz CT molecular complexity index is 593. The molecule has 2 atom stereocenters. The molecule has 1 aliphatic carbocycles. The largest absolute Gasteiger partial charge is 0.445 e. The summed E-state index contributed by atoms with van der Waals surface area (Å²) >= 11 is 0. The first-order valence-corrected chi connectivity index (χ1v) is 7.97. The predicted octanol–water partition coefficient (Wildman–Crippen LogP) is 3.13. The van der Waals surface area contributed by atoms with Crippen LogP contribution >= 0.6 is 0 Å². The van der Waals surface area contributed by atoms with Gasteiger partial charge in [0.05, 0.1) is 12.1 Å². The van der Waals surface area contributed by atoms with Gasteiger partial charge in [-0.05, 0) is 32.8 Å². The van der Waals surface area contributed by atoms with Gasteiger partial charge in [0, 0.05) is 0 Å². The average molecular weight is 332 g/mol. The Kier molecular flexibility index (Phi) is 5.84. The van der Waals surface area contributed by atoms with E-state index in [1.807, 2.05) is 63.3 Å². The van der Waals surface area contributed by atoms with Crippen LogP contribution < -0.4 is 10.6 Å². The molecule has 0 heterocycles. The van der Waals surface area contributed by atoms with Crippen molar-refractivity contribution in [1.29, 1.82) is 0 Å². The molecule has 24 heavy (non-hydrogen) atoms. The first-order valence-electron chi connectivity index (χ1n) is 7.97. The van der Waals surface area contributed by atoms with Crippen LogP contribution in [-0.2, 0) is 16.1 Å². The van der Waals surface area contributed by atoms with Crippen molar-refractivity contribution >= 4 is 12.2 Å². The molecule has 2 N–H and O–H groups in total. The van der Waals surface area contributed by atoms with Gasteiger partial charge >= 0.3 is 12.2 Å². The Hall–Kier alpha value is -2.50. The quantitative estimate of drug-likeness (QED) is 0.831. The van der Waals surface area contributed by atoms with Crippen molar-refractivity contribution in [2.24, 2.45) is 0 Å². The van der Waals surface area contributed by atoms with E-state index in [1.54, 1.807) is 0 Å². The van der Waals surface area contributed by atoms with Gasteiger partial charge in [0.2, 0.25) is 0 Å². The molecule has 1 aromatic carbocycles. The van der Waals surface area contributed by atoms with Crippen LogP contribution in [-0.4, -0.2) is 29.9 Å². The first-order chi connectivity index (χ1) is 11.3. The maximum Gasteiger partial charge on any atom is 0.408 e. The van der Waals surface area contributed by atoms with Gasteiger partial charge in [-0.25, -0.2) is 9.59 Å². The summed E-state index contributed by atoms with van der Waals surface area (Å²) in [4.78, 5) is 23.5. The highest BCUT2D eigenvalue weighted by Gasteiger charge is 2.24. The van der Waals surface area contributed by atoms with Crippen LogP contribution in [0.5, 0.6) is 0 Å². The van der Waals surface area contributed by atoms with Gasteiger partial charge in [0.1, 0.15) is 12.2 Å². The maximum absolute atomic E-state index is 11.8. The summed E-state index contributed by atoms with van der Waals surface area (Å²) in [6.07, 6.45) is 3.30. The summed E-state index contributed by atoms with van der Waals surface area (Å²) in [5.74, 6) is 0. The second kappa shape index (κ2) is 7.86. The summed E-state index contributed by atoms with van der Waals surface area (Å²) in [5.41, 5.74) is 0.393. The van der Waals surface area contributed by atoms with Crippen LogP contribution in [0.4, 0.5) is 9.59 Å². The van der Waals surface area contributed by atoms with E-state index in [4.69, 9.17) is 9.47 Å². The van der Waals surface area contributed by atoms with Crippen LogP contribution in [0, 0.1) is 0 Å². The molecule has 2 amide bonds. The smallest absolute Gasteiger partial charge is 0.408 e. The Morgan fingerprint density at radius 3 is 2.21 bits per heavy atom. The molecule has 2 rings (SSSR count). The van der Waals surface area contributed by atoms with Crippen LogP contribution in [0.15, 0.2) is 42.5 Å². The molecule has 6 nitrogen and oxygen atoms in total. The maximum atomic E-state index is 11.8. The molecule has 0 unspecified atom stereocenters. The number of carbonyl (C=O) groups is 2. The molecule has 1 aliphatic rings. The molecular weight excluding hydrogens is 308 g/mol. The van der Waals surface area contributed by atoms with Crippen LogP contribution in [0.25, 0.3) is 0 Å². The zero-order chi connectivity index (χ0) is 17.6. The number of rotatable bonds is 4. The van der Waals surface area contributed by atoms with E-state index < -0.39 is 17.8 Å². The Morgan fingerprint density at radius 2 is 1.62 bits per heavy atom. The fraction of sp³-hybridized carbons (Fsp3) is 0.444. The lowest BCUT2D eigenvalue weighted by Crippen LogP contribution is -2.40. The predicted molar refractivity (Wildman–Crippen MR) is 90.5 cm³/mol. The highest BCUT2D eigenvalue weighted by Crippen LogP contribution is 2.13. The topological polar surface area (TPSA) is 76.7 Å². The van der Waals surface area contributed by atoms with E-state index >= 15 is 0 Å². The van der Waals surface area contributed by atoms with Gasteiger partial charge in [-0.15, -0.1) is 0 Å². The molecule has 1 aromatic rings. The standard InChI is InChI=1S/C18H24N2O4/c1-18(2,3)24-17(22)20-15-10-9-14(11-15)19-16(21)23-12-13-7-5-4-6-8-13/h4-10,14-15H,11-12H2,1-3H3,(H,19,21)(H,20,22)/t14-,15-/m0/s1. The van der Waals surface area contributed by atoms with Crippen molar-refractivity contribution in [2.45, 2.75) is 51.5 Å². The van der Waals surface area contributed by atoms with Crippen molar-refractivity contribution in [1.82, 2.24) is 10.6 Å². The summed E-state index contributed by atoms with van der Waals surface area (Å²) in [5, 5.41) is 5.52. The third-order valence-corrected chi connectivity index (χ3v) is 3.30.